The number of nitrogens with zero attached hydrogens (tertiary/aromatic N) is 3. The van der Waals surface area contributed by atoms with E-state index in [9.17, 15) is 4.79 Å². The summed E-state index contributed by atoms with van der Waals surface area (Å²) in [6, 6.07) is 4.85. The monoisotopic (exact) mass is 325 g/mol. The fourth-order valence-corrected chi connectivity index (χ4v) is 1.97. The van der Waals surface area contributed by atoms with Gasteiger partial charge in [-0.3, -0.25) is 4.98 Å². The average Bonchev–Trinajstić information content (AvgIpc) is 2.90. The van der Waals surface area contributed by atoms with Crippen molar-refractivity contribution < 1.29 is 9.90 Å². The summed E-state index contributed by atoms with van der Waals surface area (Å²) >= 11 is 11.5. The predicted octanol–water partition coefficient (Wildman–Crippen LogP) is 2.63. The van der Waals surface area contributed by atoms with E-state index in [0.29, 0.717) is 21.9 Å². The molecule has 3 rings (SSSR count). The number of anilines is 1. The van der Waals surface area contributed by atoms with Crippen LogP contribution in [0.3, 0.4) is 0 Å². The molecule has 0 spiro atoms. The van der Waals surface area contributed by atoms with Gasteiger partial charge >= 0.3 is 5.97 Å². The van der Waals surface area contributed by atoms with Gasteiger partial charge in [0, 0.05) is 11.6 Å². The zero-order chi connectivity index (χ0) is 15.4. The minimum absolute atomic E-state index is 0.00540. The van der Waals surface area contributed by atoms with E-state index in [4.69, 9.17) is 34.0 Å². The van der Waals surface area contributed by atoms with Gasteiger partial charge < -0.3 is 10.8 Å². The molecule has 0 aliphatic rings. The Hall–Kier alpha value is -2.38. The van der Waals surface area contributed by atoms with Crippen molar-refractivity contribution in [2.24, 2.45) is 0 Å². The van der Waals surface area contributed by atoms with E-state index in [2.05, 4.69) is 20.2 Å². The zero-order valence-corrected chi connectivity index (χ0v) is 11.9. The van der Waals surface area contributed by atoms with E-state index in [1.807, 2.05) is 0 Å². The number of benzene rings is 1. The van der Waals surface area contributed by atoms with E-state index >= 15 is 0 Å². The molecule has 0 bridgehead atoms. The molecule has 108 valence electrons. The van der Waals surface area contributed by atoms with Crippen LogP contribution in [-0.2, 0) is 0 Å². The molecule has 0 radical (unpaired) electrons. The van der Waals surface area contributed by atoms with Gasteiger partial charge in [-0.1, -0.05) is 29.3 Å². The summed E-state index contributed by atoms with van der Waals surface area (Å²) in [5.74, 6) is -0.740. The molecule has 0 atom stereocenters. The summed E-state index contributed by atoms with van der Waals surface area (Å²) < 4.78 is 0. The summed E-state index contributed by atoms with van der Waals surface area (Å²) in [5.41, 5.74) is 5.40. The number of hydrogen-bond acceptors (Lipinski definition) is 5. The number of aromatic nitrogens is 4. The number of carboxylic acid groups (broad SMARTS) is 1. The summed E-state index contributed by atoms with van der Waals surface area (Å²) in [5, 5.41) is 16.1. The highest BCUT2D eigenvalue weighted by molar-refractivity contribution is 6.35. The zero-order valence-electron chi connectivity index (χ0n) is 10.4. The van der Waals surface area contributed by atoms with Gasteiger partial charge in [-0.2, -0.15) is 5.10 Å². The average molecular weight is 326 g/mol. The lowest BCUT2D eigenvalue weighted by Crippen LogP contribution is -2.00. The molecule has 0 aliphatic heterocycles. The molecule has 0 unspecified atom stereocenters. The molecule has 2 heterocycles. The number of nitrogens with two attached hydrogens (primary N) is 1. The summed E-state index contributed by atoms with van der Waals surface area (Å²) in [6.45, 7) is 0. The van der Waals surface area contributed by atoms with Crippen LogP contribution in [0.2, 0.25) is 10.0 Å². The Bertz CT molecular complexity index is 777. The minimum atomic E-state index is -1.10. The van der Waals surface area contributed by atoms with Gasteiger partial charge in [-0.25, -0.2) is 14.9 Å². The van der Waals surface area contributed by atoms with Crippen LogP contribution in [-0.4, -0.2) is 31.2 Å². The van der Waals surface area contributed by atoms with Crippen LogP contribution in [0, 0.1) is 0 Å². The van der Waals surface area contributed by atoms with Gasteiger partial charge in [0.1, 0.15) is 11.9 Å². The van der Waals surface area contributed by atoms with Crippen molar-refractivity contribution in [3.8, 4) is 0 Å². The smallest absolute Gasteiger partial charge is 0.339 e. The number of rotatable bonds is 1. The first-order valence-corrected chi connectivity index (χ1v) is 6.32. The first-order chi connectivity index (χ1) is 9.99. The molecular formula is C12H9Cl2N5O2. The Morgan fingerprint density at radius 1 is 1.29 bits per heavy atom. The molecule has 0 saturated carbocycles. The molecule has 1 aromatic carbocycles. The van der Waals surface area contributed by atoms with E-state index in [0.717, 1.165) is 0 Å². The fourth-order valence-electron chi connectivity index (χ4n) is 1.57. The van der Waals surface area contributed by atoms with Crippen LogP contribution in [0.4, 0.5) is 5.95 Å². The number of carboxylic acids is 1. The third kappa shape index (κ3) is 3.59. The SMILES string of the molecule is Nc1ncn[nH]1.O=C(O)c1c(Cl)ccc2cc(Cl)cnc12. The number of H-pyrrole nitrogens is 1. The molecule has 3 aromatic rings. The van der Waals surface area contributed by atoms with Gasteiger partial charge in [-0.15, -0.1) is 0 Å². The van der Waals surface area contributed by atoms with Crippen molar-refractivity contribution >= 4 is 46.0 Å². The highest BCUT2D eigenvalue weighted by atomic mass is 35.5. The van der Waals surface area contributed by atoms with E-state index in [1.165, 1.54) is 18.6 Å². The molecule has 0 aliphatic carbocycles. The van der Waals surface area contributed by atoms with Crippen molar-refractivity contribution in [3.05, 3.63) is 46.3 Å². The Morgan fingerprint density at radius 2 is 2.05 bits per heavy atom. The lowest BCUT2D eigenvalue weighted by Gasteiger charge is -2.03. The summed E-state index contributed by atoms with van der Waals surface area (Å²) in [4.78, 5) is 18.5. The van der Waals surface area contributed by atoms with Gasteiger partial charge in [0.25, 0.3) is 0 Å². The highest BCUT2D eigenvalue weighted by Crippen LogP contribution is 2.26. The van der Waals surface area contributed by atoms with Crippen LogP contribution in [0.1, 0.15) is 10.4 Å². The first kappa shape index (κ1) is 15.0. The minimum Gasteiger partial charge on any atom is -0.478 e. The third-order valence-electron chi connectivity index (χ3n) is 2.42. The fraction of sp³-hybridized carbons (Fsp3) is 0. The number of aromatic amines is 1. The van der Waals surface area contributed by atoms with Crippen molar-refractivity contribution in [2.75, 3.05) is 5.73 Å². The number of fused-ring (bicyclic) bond motifs is 1. The van der Waals surface area contributed by atoms with Gasteiger partial charge in [0.2, 0.25) is 5.95 Å². The maximum Gasteiger partial charge on any atom is 0.339 e. The molecule has 2 aromatic heterocycles. The molecule has 7 nitrogen and oxygen atoms in total. The second-order valence-corrected chi connectivity index (χ2v) is 4.67. The topological polar surface area (TPSA) is 118 Å². The lowest BCUT2D eigenvalue weighted by atomic mass is 10.1. The first-order valence-electron chi connectivity index (χ1n) is 5.57. The maximum absolute atomic E-state index is 11.0. The van der Waals surface area contributed by atoms with Crippen LogP contribution in [0.5, 0.6) is 0 Å². The number of nitrogen functional groups attached to an aromatic ring is 1. The van der Waals surface area contributed by atoms with Crippen molar-refractivity contribution in [1.29, 1.82) is 0 Å². The van der Waals surface area contributed by atoms with Crippen LogP contribution in [0.15, 0.2) is 30.7 Å². The van der Waals surface area contributed by atoms with Crippen molar-refractivity contribution in [3.63, 3.8) is 0 Å². The van der Waals surface area contributed by atoms with Crippen LogP contribution in [0.25, 0.3) is 10.9 Å². The molecule has 9 heteroatoms. The Kier molecular flexibility index (Phi) is 4.56. The van der Waals surface area contributed by atoms with E-state index in [-0.39, 0.29) is 10.6 Å². The van der Waals surface area contributed by atoms with E-state index in [1.54, 1.807) is 12.1 Å². The molecule has 21 heavy (non-hydrogen) atoms. The van der Waals surface area contributed by atoms with Crippen LogP contribution >= 0.6 is 23.2 Å². The number of carbonyl (C=O) groups is 1. The molecular weight excluding hydrogens is 317 g/mol. The number of pyridine rings is 1. The van der Waals surface area contributed by atoms with Crippen LogP contribution < -0.4 is 5.73 Å². The van der Waals surface area contributed by atoms with Gasteiger partial charge in [0.15, 0.2) is 0 Å². The van der Waals surface area contributed by atoms with Crippen molar-refractivity contribution in [2.45, 2.75) is 0 Å². The maximum atomic E-state index is 11.0. The standard InChI is InChI=1S/C10H5Cl2NO2.C2H4N4/c11-6-3-5-1-2-7(12)8(10(14)15)9(5)13-4-6;3-2-4-1-5-6-2/h1-4H,(H,14,15);1H,(H3,3,4,5,6). The predicted molar refractivity (Wildman–Crippen MR) is 79.5 cm³/mol. The Morgan fingerprint density at radius 3 is 2.57 bits per heavy atom. The highest BCUT2D eigenvalue weighted by Gasteiger charge is 2.14. The number of aromatic carboxylic acids is 1. The third-order valence-corrected chi connectivity index (χ3v) is 2.94. The number of nitrogens with one attached hydrogen (secondary N) is 1. The second-order valence-electron chi connectivity index (χ2n) is 3.82. The summed E-state index contributed by atoms with van der Waals surface area (Å²) in [6.07, 6.45) is 2.75. The lowest BCUT2D eigenvalue weighted by molar-refractivity contribution is 0.0699. The summed E-state index contributed by atoms with van der Waals surface area (Å²) in [7, 11) is 0. The van der Waals surface area contributed by atoms with Gasteiger partial charge in [0.05, 0.1) is 15.6 Å². The number of hydrogen-bond donors (Lipinski definition) is 3. The second kappa shape index (κ2) is 6.38. The Labute approximate surface area is 128 Å². The molecule has 0 amide bonds. The Balaban J connectivity index is 0.000000225. The van der Waals surface area contributed by atoms with E-state index < -0.39 is 5.97 Å². The van der Waals surface area contributed by atoms with Gasteiger partial charge in [-0.05, 0) is 12.1 Å². The number of halogens is 2. The normalized spacial score (nSPS) is 10.0. The molecule has 0 saturated heterocycles. The molecule has 4 N–H and O–H groups in total. The van der Waals surface area contributed by atoms with Crippen molar-refractivity contribution in [1.82, 2.24) is 20.2 Å². The largest absolute Gasteiger partial charge is 0.478 e. The molecule has 0 fully saturated rings. The quantitative estimate of drug-likeness (QED) is 0.633.